The Kier molecular flexibility index (Phi) is 5.24. The van der Waals surface area contributed by atoms with Crippen molar-refractivity contribution in [2.75, 3.05) is 5.32 Å². The number of phenols is 1. The Morgan fingerprint density at radius 3 is 2.38 bits per heavy atom. The zero-order valence-corrected chi connectivity index (χ0v) is 13.8. The van der Waals surface area contributed by atoms with Gasteiger partial charge in [0.05, 0.1) is 0 Å². The van der Waals surface area contributed by atoms with Gasteiger partial charge < -0.3 is 15.2 Å². The number of rotatable bonds is 6. The molecule has 0 fully saturated rings. The molecule has 2 N–H and O–H groups in total. The SMILES string of the molecule is Oc1cc(OCc2ccccc2Cl)ccc1CNc1ccccc1. The number of ether oxygens (including phenoxy) is 1. The van der Waals surface area contributed by atoms with Crippen LogP contribution in [0.15, 0.2) is 72.8 Å². The number of anilines is 1. The van der Waals surface area contributed by atoms with E-state index in [9.17, 15) is 5.11 Å². The van der Waals surface area contributed by atoms with Crippen molar-refractivity contribution in [3.05, 3.63) is 88.9 Å². The molecule has 4 heteroatoms. The van der Waals surface area contributed by atoms with E-state index in [0.29, 0.717) is 23.9 Å². The van der Waals surface area contributed by atoms with E-state index in [2.05, 4.69) is 5.32 Å². The van der Waals surface area contributed by atoms with Crippen LogP contribution in [0.3, 0.4) is 0 Å². The summed E-state index contributed by atoms with van der Waals surface area (Å²) in [4.78, 5) is 0. The first-order valence-corrected chi connectivity index (χ1v) is 8.07. The Morgan fingerprint density at radius 2 is 1.62 bits per heavy atom. The molecule has 24 heavy (non-hydrogen) atoms. The largest absolute Gasteiger partial charge is 0.507 e. The van der Waals surface area contributed by atoms with Crippen molar-refractivity contribution in [3.8, 4) is 11.5 Å². The Bertz CT molecular complexity index is 806. The van der Waals surface area contributed by atoms with Crippen molar-refractivity contribution in [2.24, 2.45) is 0 Å². The molecule has 122 valence electrons. The monoisotopic (exact) mass is 339 g/mol. The first-order chi connectivity index (χ1) is 11.7. The summed E-state index contributed by atoms with van der Waals surface area (Å²) in [5.74, 6) is 0.811. The van der Waals surface area contributed by atoms with E-state index >= 15 is 0 Å². The molecule has 0 aliphatic carbocycles. The second-order valence-corrected chi connectivity index (χ2v) is 5.80. The van der Waals surface area contributed by atoms with Crippen molar-refractivity contribution in [2.45, 2.75) is 13.2 Å². The minimum absolute atomic E-state index is 0.204. The second kappa shape index (κ2) is 7.75. The minimum Gasteiger partial charge on any atom is -0.507 e. The third-order valence-corrected chi connectivity index (χ3v) is 4.03. The van der Waals surface area contributed by atoms with Gasteiger partial charge in [0.15, 0.2) is 0 Å². The quantitative estimate of drug-likeness (QED) is 0.645. The van der Waals surface area contributed by atoms with Crippen LogP contribution in [0.2, 0.25) is 5.02 Å². The first-order valence-electron chi connectivity index (χ1n) is 7.69. The predicted molar refractivity (Wildman–Crippen MR) is 97.7 cm³/mol. The molecule has 0 saturated heterocycles. The lowest BCUT2D eigenvalue weighted by atomic mass is 10.2. The van der Waals surface area contributed by atoms with Crippen LogP contribution in [0.5, 0.6) is 11.5 Å². The summed E-state index contributed by atoms with van der Waals surface area (Å²) in [5, 5.41) is 14.1. The topological polar surface area (TPSA) is 41.5 Å². The molecule has 3 nitrogen and oxygen atoms in total. The molecule has 0 heterocycles. The highest BCUT2D eigenvalue weighted by molar-refractivity contribution is 6.31. The van der Waals surface area contributed by atoms with Gasteiger partial charge in [-0.1, -0.05) is 48.0 Å². The maximum atomic E-state index is 10.2. The molecule has 0 bridgehead atoms. The fraction of sp³-hybridized carbons (Fsp3) is 0.100. The average molecular weight is 340 g/mol. The Morgan fingerprint density at radius 1 is 0.875 bits per heavy atom. The summed E-state index contributed by atoms with van der Waals surface area (Å²) in [7, 11) is 0. The molecule has 0 unspecified atom stereocenters. The van der Waals surface area contributed by atoms with Crippen LogP contribution in [0.1, 0.15) is 11.1 Å². The summed E-state index contributed by atoms with van der Waals surface area (Å²) in [6.45, 7) is 0.904. The number of phenolic OH excluding ortho intramolecular Hbond substituents is 1. The number of hydrogen-bond acceptors (Lipinski definition) is 3. The van der Waals surface area contributed by atoms with Crippen LogP contribution in [0, 0.1) is 0 Å². The fourth-order valence-corrected chi connectivity index (χ4v) is 2.50. The van der Waals surface area contributed by atoms with Gasteiger partial charge in [0.25, 0.3) is 0 Å². The third kappa shape index (κ3) is 4.21. The maximum Gasteiger partial charge on any atom is 0.124 e. The Balaban J connectivity index is 1.61. The minimum atomic E-state index is 0.204. The van der Waals surface area contributed by atoms with Gasteiger partial charge >= 0.3 is 0 Å². The van der Waals surface area contributed by atoms with E-state index in [1.807, 2.05) is 66.7 Å². The zero-order valence-electron chi connectivity index (χ0n) is 13.1. The van der Waals surface area contributed by atoms with Gasteiger partial charge in [-0.05, 0) is 30.3 Å². The van der Waals surface area contributed by atoms with Crippen LogP contribution in [-0.2, 0) is 13.2 Å². The summed E-state index contributed by atoms with van der Waals surface area (Å²) in [5.41, 5.74) is 2.73. The molecule has 0 atom stereocenters. The molecule has 0 aliphatic heterocycles. The Labute approximate surface area is 146 Å². The van der Waals surface area contributed by atoms with Crippen molar-refractivity contribution in [3.63, 3.8) is 0 Å². The number of hydrogen-bond donors (Lipinski definition) is 2. The molecular formula is C20H18ClNO2. The van der Waals surface area contributed by atoms with Crippen molar-refractivity contribution >= 4 is 17.3 Å². The highest BCUT2D eigenvalue weighted by Gasteiger charge is 2.05. The number of halogens is 1. The molecule has 0 spiro atoms. The predicted octanol–water partition coefficient (Wildman–Crippen LogP) is 5.24. The number of para-hydroxylation sites is 1. The van der Waals surface area contributed by atoms with E-state index in [-0.39, 0.29) is 5.75 Å². The van der Waals surface area contributed by atoms with Crippen LogP contribution >= 0.6 is 11.6 Å². The summed E-state index contributed by atoms with van der Waals surface area (Å²) < 4.78 is 5.71. The van der Waals surface area contributed by atoms with Gasteiger partial charge in [0.2, 0.25) is 0 Å². The molecule has 3 rings (SSSR count). The van der Waals surface area contributed by atoms with Gasteiger partial charge in [-0.25, -0.2) is 0 Å². The van der Waals surface area contributed by atoms with E-state index in [4.69, 9.17) is 16.3 Å². The van der Waals surface area contributed by atoms with Crippen LogP contribution in [0.4, 0.5) is 5.69 Å². The molecule has 3 aromatic carbocycles. The molecule has 0 aliphatic rings. The van der Waals surface area contributed by atoms with Crippen LogP contribution in [0.25, 0.3) is 0 Å². The van der Waals surface area contributed by atoms with Crippen LogP contribution < -0.4 is 10.1 Å². The molecule has 0 amide bonds. The summed E-state index contributed by atoms with van der Waals surface area (Å²) in [6.07, 6.45) is 0. The van der Waals surface area contributed by atoms with E-state index < -0.39 is 0 Å². The maximum absolute atomic E-state index is 10.2. The molecule has 3 aromatic rings. The van der Waals surface area contributed by atoms with Crippen LogP contribution in [-0.4, -0.2) is 5.11 Å². The standard InChI is InChI=1S/C20H18ClNO2/c21-19-9-5-4-6-16(19)14-24-18-11-10-15(20(23)12-18)13-22-17-7-2-1-3-8-17/h1-12,22-23H,13-14H2. The van der Waals surface area contributed by atoms with Crippen molar-refractivity contribution < 1.29 is 9.84 Å². The highest BCUT2D eigenvalue weighted by atomic mass is 35.5. The van der Waals surface area contributed by atoms with E-state index in [1.54, 1.807) is 6.07 Å². The third-order valence-electron chi connectivity index (χ3n) is 3.67. The molecule has 0 radical (unpaired) electrons. The molecular weight excluding hydrogens is 322 g/mol. The Hall–Kier alpha value is -2.65. The summed E-state index contributed by atoms with van der Waals surface area (Å²) in [6, 6.07) is 22.7. The lowest BCUT2D eigenvalue weighted by Crippen LogP contribution is -2.00. The number of benzene rings is 3. The van der Waals surface area contributed by atoms with E-state index in [0.717, 1.165) is 16.8 Å². The van der Waals surface area contributed by atoms with Crippen molar-refractivity contribution in [1.29, 1.82) is 0 Å². The lowest BCUT2D eigenvalue weighted by molar-refractivity contribution is 0.304. The van der Waals surface area contributed by atoms with Gasteiger partial charge in [-0.2, -0.15) is 0 Å². The van der Waals surface area contributed by atoms with Gasteiger partial charge in [-0.15, -0.1) is 0 Å². The van der Waals surface area contributed by atoms with Gasteiger partial charge in [0.1, 0.15) is 18.1 Å². The molecule has 0 saturated carbocycles. The van der Waals surface area contributed by atoms with Gasteiger partial charge in [-0.3, -0.25) is 0 Å². The first kappa shape index (κ1) is 16.2. The van der Waals surface area contributed by atoms with E-state index in [1.165, 1.54) is 0 Å². The second-order valence-electron chi connectivity index (χ2n) is 5.39. The smallest absolute Gasteiger partial charge is 0.124 e. The molecule has 0 aromatic heterocycles. The lowest BCUT2D eigenvalue weighted by Gasteiger charge is -2.11. The fourth-order valence-electron chi connectivity index (χ4n) is 2.31. The number of nitrogens with one attached hydrogen (secondary N) is 1. The summed E-state index contributed by atoms with van der Waals surface area (Å²) >= 11 is 6.11. The number of aromatic hydroxyl groups is 1. The normalized spacial score (nSPS) is 10.4. The average Bonchev–Trinajstić information content (AvgIpc) is 2.61. The van der Waals surface area contributed by atoms with Crippen molar-refractivity contribution in [1.82, 2.24) is 0 Å². The zero-order chi connectivity index (χ0) is 16.8. The van der Waals surface area contributed by atoms with Gasteiger partial charge in [0, 0.05) is 34.4 Å². The highest BCUT2D eigenvalue weighted by Crippen LogP contribution is 2.26.